The highest BCUT2D eigenvalue weighted by Gasteiger charge is 2.15. The predicted molar refractivity (Wildman–Crippen MR) is 76.5 cm³/mol. The van der Waals surface area contributed by atoms with E-state index in [0.717, 1.165) is 0 Å². The van der Waals surface area contributed by atoms with Crippen LogP contribution in [0, 0.1) is 11.3 Å². The summed E-state index contributed by atoms with van der Waals surface area (Å²) in [4.78, 5) is 30.9. The Morgan fingerprint density at radius 1 is 1.27 bits per heavy atom. The zero-order chi connectivity index (χ0) is 15.9. The lowest BCUT2D eigenvalue weighted by molar-refractivity contribution is -0.119. The van der Waals surface area contributed by atoms with E-state index in [-0.39, 0.29) is 11.5 Å². The van der Waals surface area contributed by atoms with Gasteiger partial charge in [-0.25, -0.2) is 14.8 Å². The molecular weight excluding hydrogens is 286 g/mol. The third kappa shape index (κ3) is 3.55. The first-order valence-electron chi connectivity index (χ1n) is 6.14. The molecular formula is C14H11N5O3. The highest BCUT2D eigenvalue weighted by molar-refractivity contribution is 5.96. The van der Waals surface area contributed by atoms with Gasteiger partial charge in [-0.15, -0.1) is 0 Å². The van der Waals surface area contributed by atoms with Crippen molar-refractivity contribution in [1.29, 1.82) is 5.26 Å². The maximum Gasteiger partial charge on any atom is 0.361 e. The molecule has 1 aromatic heterocycles. The van der Waals surface area contributed by atoms with Gasteiger partial charge in [0.05, 0.1) is 11.3 Å². The van der Waals surface area contributed by atoms with E-state index >= 15 is 0 Å². The van der Waals surface area contributed by atoms with Gasteiger partial charge in [0.1, 0.15) is 6.07 Å². The number of nitrogens with zero attached hydrogens (tertiary/aromatic N) is 3. The summed E-state index contributed by atoms with van der Waals surface area (Å²) in [7, 11) is 0. The SMILES string of the molecule is N#Cc1ccccc1NC(=O)COC(=O)c1nccnc1N. The Labute approximate surface area is 125 Å². The molecule has 110 valence electrons. The maximum absolute atomic E-state index is 11.7. The van der Waals surface area contributed by atoms with E-state index < -0.39 is 18.5 Å². The van der Waals surface area contributed by atoms with Gasteiger partial charge in [0.25, 0.3) is 5.91 Å². The summed E-state index contributed by atoms with van der Waals surface area (Å²) in [6.45, 7) is -0.533. The fraction of sp³-hybridized carbons (Fsp3) is 0.0714. The number of hydrogen-bond acceptors (Lipinski definition) is 7. The minimum Gasteiger partial charge on any atom is -0.451 e. The van der Waals surface area contributed by atoms with Crippen LogP contribution < -0.4 is 11.1 Å². The number of benzene rings is 1. The first-order chi connectivity index (χ1) is 10.6. The highest BCUT2D eigenvalue weighted by Crippen LogP contribution is 2.13. The summed E-state index contributed by atoms with van der Waals surface area (Å²) >= 11 is 0. The van der Waals surface area contributed by atoms with Gasteiger partial charge in [0.2, 0.25) is 0 Å². The molecule has 2 aromatic rings. The van der Waals surface area contributed by atoms with E-state index in [1.165, 1.54) is 12.4 Å². The van der Waals surface area contributed by atoms with Crippen molar-refractivity contribution in [2.24, 2.45) is 0 Å². The van der Waals surface area contributed by atoms with Crippen LogP contribution in [0.5, 0.6) is 0 Å². The average molecular weight is 297 g/mol. The van der Waals surface area contributed by atoms with Gasteiger partial charge in [-0.05, 0) is 12.1 Å². The summed E-state index contributed by atoms with van der Waals surface area (Å²) in [5.41, 5.74) is 5.96. The molecule has 0 radical (unpaired) electrons. The monoisotopic (exact) mass is 297 g/mol. The number of ether oxygens (including phenoxy) is 1. The third-order valence-corrected chi connectivity index (χ3v) is 2.58. The highest BCUT2D eigenvalue weighted by atomic mass is 16.5. The number of nitrogens with one attached hydrogen (secondary N) is 1. The van der Waals surface area contributed by atoms with E-state index in [0.29, 0.717) is 11.3 Å². The molecule has 3 N–H and O–H groups in total. The maximum atomic E-state index is 11.7. The number of carbonyl (C=O) groups is 2. The van der Waals surface area contributed by atoms with Gasteiger partial charge in [-0.3, -0.25) is 4.79 Å². The molecule has 0 saturated carbocycles. The van der Waals surface area contributed by atoms with Gasteiger partial charge in [-0.1, -0.05) is 12.1 Å². The number of hydrogen-bond donors (Lipinski definition) is 2. The van der Waals surface area contributed by atoms with Crippen molar-refractivity contribution in [3.63, 3.8) is 0 Å². The van der Waals surface area contributed by atoms with E-state index in [2.05, 4.69) is 15.3 Å². The van der Waals surface area contributed by atoms with Gasteiger partial charge in [0.15, 0.2) is 18.1 Å². The van der Waals surface area contributed by atoms with Crippen LogP contribution in [0.4, 0.5) is 11.5 Å². The number of nitrogen functional groups attached to an aromatic ring is 1. The van der Waals surface area contributed by atoms with E-state index in [9.17, 15) is 9.59 Å². The fourth-order valence-corrected chi connectivity index (χ4v) is 1.58. The predicted octanol–water partition coefficient (Wildman–Crippen LogP) is 0.726. The van der Waals surface area contributed by atoms with Crippen LogP contribution in [0.1, 0.15) is 16.1 Å². The summed E-state index contributed by atoms with van der Waals surface area (Å²) in [5.74, 6) is -1.52. The molecule has 8 nitrogen and oxygen atoms in total. The molecule has 0 aliphatic carbocycles. The molecule has 0 fully saturated rings. The van der Waals surface area contributed by atoms with Gasteiger partial charge >= 0.3 is 5.97 Å². The van der Waals surface area contributed by atoms with Crippen LogP contribution in [0.25, 0.3) is 0 Å². The van der Waals surface area contributed by atoms with Crippen LogP contribution in [-0.4, -0.2) is 28.5 Å². The molecule has 0 bridgehead atoms. The molecule has 2 rings (SSSR count). The first-order valence-corrected chi connectivity index (χ1v) is 6.14. The van der Waals surface area contributed by atoms with Crippen molar-refractivity contribution in [3.8, 4) is 6.07 Å². The van der Waals surface area contributed by atoms with Crippen molar-refractivity contribution >= 4 is 23.4 Å². The Hall–Kier alpha value is -3.47. The van der Waals surface area contributed by atoms with Crippen molar-refractivity contribution < 1.29 is 14.3 Å². The number of esters is 1. The first kappa shape index (κ1) is 14.9. The molecule has 0 aliphatic heterocycles. The zero-order valence-corrected chi connectivity index (χ0v) is 11.3. The minimum absolute atomic E-state index is 0.0808. The zero-order valence-electron chi connectivity index (χ0n) is 11.3. The molecule has 1 heterocycles. The fourth-order valence-electron chi connectivity index (χ4n) is 1.58. The Kier molecular flexibility index (Phi) is 4.62. The number of nitriles is 1. The average Bonchev–Trinajstić information content (AvgIpc) is 2.53. The van der Waals surface area contributed by atoms with Crippen LogP contribution in [0.2, 0.25) is 0 Å². The van der Waals surface area contributed by atoms with Crippen molar-refractivity contribution in [2.75, 3.05) is 17.7 Å². The number of carbonyl (C=O) groups excluding carboxylic acids is 2. The Morgan fingerprint density at radius 2 is 2.00 bits per heavy atom. The second-order valence-corrected chi connectivity index (χ2v) is 4.07. The van der Waals surface area contributed by atoms with Gasteiger partial charge in [0, 0.05) is 12.4 Å². The Morgan fingerprint density at radius 3 is 2.73 bits per heavy atom. The summed E-state index contributed by atoms with van der Waals surface area (Å²) in [6.07, 6.45) is 2.62. The van der Waals surface area contributed by atoms with Crippen LogP contribution in [-0.2, 0) is 9.53 Å². The van der Waals surface area contributed by atoms with Gasteiger partial charge < -0.3 is 15.8 Å². The molecule has 0 spiro atoms. The van der Waals surface area contributed by atoms with Gasteiger partial charge in [-0.2, -0.15) is 5.26 Å². The third-order valence-electron chi connectivity index (χ3n) is 2.58. The van der Waals surface area contributed by atoms with Crippen molar-refractivity contribution in [3.05, 3.63) is 47.9 Å². The van der Waals surface area contributed by atoms with E-state index in [4.69, 9.17) is 15.7 Å². The van der Waals surface area contributed by atoms with Crippen molar-refractivity contribution in [1.82, 2.24) is 9.97 Å². The molecule has 8 heteroatoms. The smallest absolute Gasteiger partial charge is 0.361 e. The summed E-state index contributed by atoms with van der Waals surface area (Å²) in [6, 6.07) is 8.41. The number of rotatable bonds is 4. The largest absolute Gasteiger partial charge is 0.451 e. The number of amides is 1. The summed E-state index contributed by atoms with van der Waals surface area (Å²) in [5, 5.41) is 11.4. The summed E-state index contributed by atoms with van der Waals surface area (Å²) < 4.78 is 4.80. The van der Waals surface area contributed by atoms with Crippen LogP contribution in [0.15, 0.2) is 36.7 Å². The second-order valence-electron chi connectivity index (χ2n) is 4.07. The standard InChI is InChI=1S/C14H11N5O3/c15-7-9-3-1-2-4-10(9)19-11(20)8-22-14(21)12-13(16)18-6-5-17-12/h1-6H,8H2,(H2,16,18)(H,19,20). The lowest BCUT2D eigenvalue weighted by Crippen LogP contribution is -2.22. The number of anilines is 2. The number of aromatic nitrogens is 2. The lowest BCUT2D eigenvalue weighted by atomic mass is 10.2. The number of nitrogens with two attached hydrogens (primary N) is 1. The number of para-hydroxylation sites is 1. The Balaban J connectivity index is 1.95. The Bertz CT molecular complexity index is 754. The molecule has 0 saturated heterocycles. The molecule has 0 unspecified atom stereocenters. The van der Waals surface area contributed by atoms with E-state index in [1.54, 1.807) is 24.3 Å². The molecule has 1 amide bonds. The quantitative estimate of drug-likeness (QED) is 0.795. The minimum atomic E-state index is -0.852. The molecule has 0 aliphatic rings. The lowest BCUT2D eigenvalue weighted by Gasteiger charge is -2.07. The van der Waals surface area contributed by atoms with E-state index in [1.807, 2.05) is 6.07 Å². The topological polar surface area (TPSA) is 131 Å². The molecule has 22 heavy (non-hydrogen) atoms. The second kappa shape index (κ2) is 6.81. The molecule has 1 aromatic carbocycles. The van der Waals surface area contributed by atoms with Crippen molar-refractivity contribution in [2.45, 2.75) is 0 Å². The normalized spacial score (nSPS) is 9.59. The molecule has 0 atom stereocenters. The van der Waals surface area contributed by atoms with Crippen LogP contribution in [0.3, 0.4) is 0 Å². The van der Waals surface area contributed by atoms with Crippen LogP contribution >= 0.6 is 0 Å².